The molecule has 0 aliphatic carbocycles. The highest BCUT2D eigenvalue weighted by atomic mass is 32.5. The molecule has 0 heterocycles. The molecule has 0 radical (unpaired) electrons. The third-order valence-corrected chi connectivity index (χ3v) is 1.57. The highest BCUT2D eigenvalue weighted by Crippen LogP contribution is 2.44. The minimum atomic E-state index is -3.41. The summed E-state index contributed by atoms with van der Waals surface area (Å²) in [6, 6.07) is 0. The largest absolute Gasteiger partial charge is 0.380 e. The van der Waals surface area contributed by atoms with Gasteiger partial charge >= 0.3 is 6.72 Å². The molecule has 0 saturated carbocycles. The van der Waals surface area contributed by atoms with E-state index in [0.717, 1.165) is 0 Å². The van der Waals surface area contributed by atoms with Crippen molar-refractivity contribution in [3.05, 3.63) is 0 Å². The van der Waals surface area contributed by atoms with Crippen LogP contribution in [0.1, 0.15) is 27.7 Å². The third-order valence-electron chi connectivity index (χ3n) is 0.659. The van der Waals surface area contributed by atoms with E-state index in [1.807, 2.05) is 0 Å². The van der Waals surface area contributed by atoms with Crippen molar-refractivity contribution in [2.45, 2.75) is 39.9 Å². The van der Waals surface area contributed by atoms with E-state index >= 15 is 0 Å². The Morgan fingerprint density at radius 1 is 1.00 bits per heavy atom. The summed E-state index contributed by atoms with van der Waals surface area (Å²) < 4.78 is 8.95. The number of hydrogen-bond acceptors (Lipinski definition) is 5. The molecule has 13 heavy (non-hydrogen) atoms. The van der Waals surface area contributed by atoms with Gasteiger partial charge in [0, 0.05) is 0 Å². The normalized spacial score (nSPS) is 12.8. The fraction of sp³-hybridized carbons (Fsp3) is 1.00. The quantitative estimate of drug-likeness (QED) is 0.427. The van der Waals surface area contributed by atoms with E-state index in [2.05, 4.69) is 30.9 Å². The molecule has 1 N–H and O–H groups in total. The van der Waals surface area contributed by atoms with Crippen molar-refractivity contribution in [1.82, 2.24) is 0 Å². The maximum Gasteiger partial charge on any atom is 0.380 e. The lowest BCUT2D eigenvalue weighted by Gasteiger charge is -2.15. The summed E-state index contributed by atoms with van der Waals surface area (Å²) in [4.78, 5) is 18.5. The van der Waals surface area contributed by atoms with Crippen LogP contribution in [0.5, 0.6) is 0 Å². The predicted molar refractivity (Wildman–Crippen MR) is 51.1 cm³/mol. The molecule has 0 fully saturated rings. The Kier molecular flexibility index (Phi) is 6.24. The van der Waals surface area contributed by atoms with Crippen LogP contribution >= 0.6 is 6.72 Å². The zero-order chi connectivity index (χ0) is 10.5. The van der Waals surface area contributed by atoms with Crippen LogP contribution in [-0.4, -0.2) is 17.1 Å². The van der Waals surface area contributed by atoms with Gasteiger partial charge in [0.1, 0.15) is 0 Å². The van der Waals surface area contributed by atoms with Gasteiger partial charge in [-0.05, 0) is 39.5 Å². The van der Waals surface area contributed by atoms with E-state index < -0.39 is 6.72 Å². The van der Waals surface area contributed by atoms with Gasteiger partial charge in [0.2, 0.25) is 0 Å². The monoisotopic (exact) mass is 230 g/mol. The van der Waals surface area contributed by atoms with Crippen LogP contribution in [0.2, 0.25) is 0 Å². The molecule has 0 aromatic rings. The van der Waals surface area contributed by atoms with Gasteiger partial charge in [-0.2, -0.15) is 0 Å². The van der Waals surface area contributed by atoms with E-state index in [1.54, 1.807) is 27.7 Å². The fourth-order valence-electron chi connectivity index (χ4n) is 0.293. The predicted octanol–water partition coefficient (Wildman–Crippen LogP) is 1.92. The van der Waals surface area contributed by atoms with Crippen LogP contribution in [0.25, 0.3) is 0 Å². The summed E-state index contributed by atoms with van der Waals surface area (Å²) >= 11 is 4.55. The number of hydrogen-bond donors (Lipinski definition) is 1. The van der Waals surface area contributed by atoms with Crippen LogP contribution in [0.3, 0.4) is 0 Å². The van der Waals surface area contributed by atoms with Crippen LogP contribution in [0.4, 0.5) is 0 Å². The van der Waals surface area contributed by atoms with Gasteiger partial charge in [-0.15, -0.1) is 9.35 Å². The molecule has 0 aliphatic heterocycles. The van der Waals surface area contributed by atoms with Gasteiger partial charge in [-0.3, -0.25) is 0 Å². The summed E-state index contributed by atoms with van der Waals surface area (Å²) in [7, 11) is 0. The Balaban J connectivity index is 3.74. The highest BCUT2D eigenvalue weighted by Gasteiger charge is 2.19. The highest BCUT2D eigenvalue weighted by molar-refractivity contribution is 8.07. The van der Waals surface area contributed by atoms with Crippen molar-refractivity contribution in [2.75, 3.05) is 0 Å². The Labute approximate surface area is 83.1 Å². The van der Waals surface area contributed by atoms with Gasteiger partial charge in [-0.25, -0.2) is 9.78 Å². The van der Waals surface area contributed by atoms with E-state index in [-0.39, 0.29) is 12.2 Å². The molecule has 0 aromatic carbocycles. The molecule has 0 aromatic heterocycles. The van der Waals surface area contributed by atoms with Crippen LogP contribution < -0.4 is 0 Å². The SMILES string of the molecule is CC(C)OOP(O)(=S)OOC(C)C. The van der Waals surface area contributed by atoms with E-state index in [9.17, 15) is 4.89 Å². The summed E-state index contributed by atoms with van der Waals surface area (Å²) in [6.45, 7) is 3.53. The summed E-state index contributed by atoms with van der Waals surface area (Å²) in [5, 5.41) is 0. The van der Waals surface area contributed by atoms with Crippen LogP contribution in [0, 0.1) is 0 Å². The standard InChI is InChI=1S/C6H15O5PS/c1-5(2)8-10-12(7,13)11-9-6(3)4/h5-6H,1-4H3,(H,7,13). The zero-order valence-electron chi connectivity index (χ0n) is 8.09. The van der Waals surface area contributed by atoms with Crippen molar-refractivity contribution in [1.29, 1.82) is 0 Å². The molecule has 0 atom stereocenters. The van der Waals surface area contributed by atoms with Crippen molar-refractivity contribution in [2.24, 2.45) is 0 Å². The molecule has 5 nitrogen and oxygen atoms in total. The first kappa shape index (κ1) is 13.4. The molecular weight excluding hydrogens is 215 g/mol. The summed E-state index contributed by atoms with van der Waals surface area (Å²) in [6.07, 6.45) is -0.394. The smallest absolute Gasteiger partial charge is 0.321 e. The molecule has 0 rings (SSSR count). The van der Waals surface area contributed by atoms with Crippen molar-refractivity contribution in [3.63, 3.8) is 0 Å². The Morgan fingerprint density at radius 2 is 1.31 bits per heavy atom. The van der Waals surface area contributed by atoms with E-state index in [4.69, 9.17) is 0 Å². The first-order chi connectivity index (χ1) is 5.83. The molecule has 0 spiro atoms. The third kappa shape index (κ3) is 8.77. The van der Waals surface area contributed by atoms with E-state index in [0.29, 0.717) is 0 Å². The molecule has 0 unspecified atom stereocenters. The molecule has 80 valence electrons. The lowest BCUT2D eigenvalue weighted by atomic mass is 10.5. The second-order valence-corrected chi connectivity index (χ2v) is 5.53. The molecule has 0 saturated heterocycles. The average Bonchev–Trinajstić information content (AvgIpc) is 1.98. The fourth-order valence-corrected chi connectivity index (χ4v) is 1.09. The zero-order valence-corrected chi connectivity index (χ0v) is 9.80. The van der Waals surface area contributed by atoms with Gasteiger partial charge in [-0.1, -0.05) is 0 Å². The Hall–Kier alpha value is 0.450. The molecule has 7 heteroatoms. The molecular formula is C6H15O5PS. The van der Waals surface area contributed by atoms with E-state index in [1.165, 1.54) is 0 Å². The minimum Gasteiger partial charge on any atom is -0.321 e. The Morgan fingerprint density at radius 3 is 1.54 bits per heavy atom. The average molecular weight is 230 g/mol. The topological polar surface area (TPSA) is 57.2 Å². The van der Waals surface area contributed by atoms with Crippen LogP contribution in [-0.2, 0) is 30.9 Å². The van der Waals surface area contributed by atoms with Crippen LogP contribution in [0.15, 0.2) is 0 Å². The summed E-state index contributed by atoms with van der Waals surface area (Å²) in [5.41, 5.74) is 0. The molecule has 0 aliphatic rings. The second-order valence-electron chi connectivity index (χ2n) is 2.91. The molecule has 0 bridgehead atoms. The lowest BCUT2D eigenvalue weighted by Crippen LogP contribution is -2.06. The minimum absolute atomic E-state index is 0.197. The van der Waals surface area contributed by atoms with Gasteiger partial charge < -0.3 is 4.89 Å². The van der Waals surface area contributed by atoms with Gasteiger partial charge in [0.15, 0.2) is 0 Å². The first-order valence-electron chi connectivity index (χ1n) is 3.86. The number of rotatable bonds is 6. The summed E-state index contributed by atoms with van der Waals surface area (Å²) in [5.74, 6) is 0. The maximum absolute atomic E-state index is 9.24. The lowest BCUT2D eigenvalue weighted by molar-refractivity contribution is -0.292. The van der Waals surface area contributed by atoms with Crippen molar-refractivity contribution in [3.8, 4) is 0 Å². The Bertz CT molecular complexity index is 168. The molecule has 0 amide bonds. The van der Waals surface area contributed by atoms with Gasteiger partial charge in [0.25, 0.3) is 0 Å². The first-order valence-corrected chi connectivity index (χ1v) is 6.45. The van der Waals surface area contributed by atoms with Gasteiger partial charge in [0.05, 0.1) is 12.2 Å². The van der Waals surface area contributed by atoms with Crippen molar-refractivity contribution >= 4 is 18.5 Å². The second kappa shape index (κ2) is 6.03. The van der Waals surface area contributed by atoms with Crippen molar-refractivity contribution < 1.29 is 24.0 Å². The maximum atomic E-state index is 9.24.